The lowest BCUT2D eigenvalue weighted by Gasteiger charge is -1.98. The third-order valence-corrected chi connectivity index (χ3v) is 3.57. The van der Waals surface area contributed by atoms with Crippen LogP contribution < -0.4 is 0 Å². The highest BCUT2D eigenvalue weighted by molar-refractivity contribution is 9.11. The van der Waals surface area contributed by atoms with Crippen molar-refractivity contribution in [3.05, 3.63) is 19.8 Å². The van der Waals surface area contributed by atoms with Gasteiger partial charge in [-0.05, 0) is 27.9 Å². The summed E-state index contributed by atoms with van der Waals surface area (Å²) < 4.78 is 1.11. The Kier molecular flexibility index (Phi) is 2.78. The summed E-state index contributed by atoms with van der Waals surface area (Å²) in [5, 5.41) is 0.881. The number of hydrogen-bond donors (Lipinski definition) is 0. The highest BCUT2D eigenvalue weighted by Gasteiger charge is 2.08. The molecule has 0 N–H and O–H groups in total. The van der Waals surface area contributed by atoms with Gasteiger partial charge in [-0.1, -0.05) is 25.4 Å². The molecule has 0 aliphatic heterocycles. The molecule has 0 atom stereocenters. The van der Waals surface area contributed by atoms with Crippen molar-refractivity contribution in [2.24, 2.45) is 0 Å². The molecule has 1 rings (SSSR count). The lowest BCUT2D eigenvalue weighted by Crippen LogP contribution is -1.79. The Morgan fingerprint density at radius 1 is 1.60 bits per heavy atom. The second kappa shape index (κ2) is 3.24. The molecule has 56 valence electrons. The first-order valence-corrected chi connectivity index (χ1v) is 5.04. The Balaban J connectivity index is 3.03. The van der Waals surface area contributed by atoms with E-state index in [0.29, 0.717) is 5.92 Å². The summed E-state index contributed by atoms with van der Waals surface area (Å²) >= 11 is 11.0. The fourth-order valence-corrected chi connectivity index (χ4v) is 2.92. The Bertz CT molecular complexity index is 230. The average Bonchev–Trinajstić information content (AvgIpc) is 2.10. The summed E-state index contributed by atoms with van der Waals surface area (Å²) in [4.78, 5) is 1.26. The van der Waals surface area contributed by atoms with E-state index in [9.17, 15) is 0 Å². The van der Waals surface area contributed by atoms with E-state index in [1.165, 1.54) is 4.88 Å². The highest BCUT2D eigenvalue weighted by Crippen LogP contribution is 2.35. The predicted octanol–water partition coefficient (Wildman–Crippen LogP) is 4.29. The van der Waals surface area contributed by atoms with Gasteiger partial charge >= 0.3 is 0 Å². The summed E-state index contributed by atoms with van der Waals surface area (Å²) in [5.74, 6) is 0.531. The Labute approximate surface area is 78.3 Å². The van der Waals surface area contributed by atoms with Gasteiger partial charge < -0.3 is 0 Å². The van der Waals surface area contributed by atoms with Gasteiger partial charge in [-0.25, -0.2) is 0 Å². The van der Waals surface area contributed by atoms with Gasteiger partial charge in [0.25, 0.3) is 0 Å². The van der Waals surface area contributed by atoms with Crippen molar-refractivity contribution < 1.29 is 0 Å². The maximum Gasteiger partial charge on any atom is 0.0716 e. The predicted molar refractivity (Wildman–Crippen MR) is 51.1 cm³/mol. The first kappa shape index (κ1) is 8.57. The van der Waals surface area contributed by atoms with Gasteiger partial charge in [0.2, 0.25) is 0 Å². The molecule has 0 nitrogen and oxygen atoms in total. The molecule has 1 aromatic heterocycles. The first-order chi connectivity index (χ1) is 4.61. The summed E-state index contributed by atoms with van der Waals surface area (Å²) in [6, 6.07) is 1.95. The van der Waals surface area contributed by atoms with Gasteiger partial charge in [0.15, 0.2) is 0 Å². The molecule has 0 aliphatic rings. The van der Waals surface area contributed by atoms with Gasteiger partial charge in [0.05, 0.1) is 8.81 Å². The maximum atomic E-state index is 5.92. The van der Waals surface area contributed by atoms with Crippen LogP contribution in [0.15, 0.2) is 9.85 Å². The van der Waals surface area contributed by atoms with E-state index < -0.39 is 0 Å². The average molecular weight is 240 g/mol. The topological polar surface area (TPSA) is 0 Å². The second-order valence-electron chi connectivity index (χ2n) is 2.42. The molecule has 0 bridgehead atoms. The molecule has 0 saturated carbocycles. The minimum Gasteiger partial charge on any atom is -0.131 e. The zero-order valence-electron chi connectivity index (χ0n) is 5.82. The molecule has 1 heterocycles. The largest absolute Gasteiger partial charge is 0.131 e. The molecule has 1 aromatic rings. The van der Waals surface area contributed by atoms with E-state index in [4.69, 9.17) is 11.6 Å². The normalized spacial score (nSPS) is 10.9. The SMILES string of the molecule is CC(C)c1sc(Br)cc1Cl. The molecular formula is C7H8BrClS. The van der Waals surface area contributed by atoms with E-state index in [1.54, 1.807) is 11.3 Å². The zero-order valence-corrected chi connectivity index (χ0v) is 8.98. The summed E-state index contributed by atoms with van der Waals surface area (Å²) in [5.41, 5.74) is 0. The van der Waals surface area contributed by atoms with Crippen molar-refractivity contribution in [2.45, 2.75) is 19.8 Å². The van der Waals surface area contributed by atoms with Crippen LogP contribution in [-0.4, -0.2) is 0 Å². The van der Waals surface area contributed by atoms with Crippen molar-refractivity contribution in [2.75, 3.05) is 0 Å². The Morgan fingerprint density at radius 2 is 2.20 bits per heavy atom. The van der Waals surface area contributed by atoms with E-state index in [1.807, 2.05) is 6.07 Å². The number of thiophene rings is 1. The van der Waals surface area contributed by atoms with E-state index >= 15 is 0 Å². The van der Waals surface area contributed by atoms with Gasteiger partial charge in [0, 0.05) is 4.88 Å². The smallest absolute Gasteiger partial charge is 0.0716 e. The monoisotopic (exact) mass is 238 g/mol. The van der Waals surface area contributed by atoms with Crippen LogP contribution in [0.4, 0.5) is 0 Å². The van der Waals surface area contributed by atoms with Crippen molar-refractivity contribution in [1.29, 1.82) is 0 Å². The fraction of sp³-hybridized carbons (Fsp3) is 0.429. The molecule has 10 heavy (non-hydrogen) atoms. The first-order valence-electron chi connectivity index (χ1n) is 3.06. The molecule has 0 fully saturated rings. The summed E-state index contributed by atoms with van der Waals surface area (Å²) in [7, 11) is 0. The van der Waals surface area contributed by atoms with E-state index in [2.05, 4.69) is 29.8 Å². The van der Waals surface area contributed by atoms with Crippen molar-refractivity contribution in [1.82, 2.24) is 0 Å². The molecule has 0 unspecified atom stereocenters. The van der Waals surface area contributed by atoms with Crippen molar-refractivity contribution in [3.8, 4) is 0 Å². The van der Waals surface area contributed by atoms with Gasteiger partial charge in [-0.3, -0.25) is 0 Å². The second-order valence-corrected chi connectivity index (χ2v) is 5.29. The van der Waals surface area contributed by atoms with Crippen LogP contribution >= 0.6 is 38.9 Å². The molecule has 0 radical (unpaired) electrons. The molecule has 0 aromatic carbocycles. The molecule has 0 amide bonds. The van der Waals surface area contributed by atoms with Crippen LogP contribution in [0, 0.1) is 0 Å². The maximum absolute atomic E-state index is 5.92. The van der Waals surface area contributed by atoms with Crippen LogP contribution in [0.5, 0.6) is 0 Å². The number of rotatable bonds is 1. The highest BCUT2D eigenvalue weighted by atomic mass is 79.9. The van der Waals surface area contributed by atoms with Crippen molar-refractivity contribution in [3.63, 3.8) is 0 Å². The van der Waals surface area contributed by atoms with Gasteiger partial charge in [0.1, 0.15) is 0 Å². The van der Waals surface area contributed by atoms with Crippen LogP contribution in [0.2, 0.25) is 5.02 Å². The molecule has 0 saturated heterocycles. The van der Waals surface area contributed by atoms with Crippen LogP contribution in [0.25, 0.3) is 0 Å². The van der Waals surface area contributed by atoms with Crippen LogP contribution in [0.3, 0.4) is 0 Å². The molecular weight excluding hydrogens is 232 g/mol. The number of hydrogen-bond acceptors (Lipinski definition) is 1. The van der Waals surface area contributed by atoms with Crippen LogP contribution in [-0.2, 0) is 0 Å². The van der Waals surface area contributed by atoms with Gasteiger partial charge in [-0.2, -0.15) is 0 Å². The molecule has 3 heteroatoms. The Morgan fingerprint density at radius 3 is 2.40 bits per heavy atom. The standard InChI is InChI=1S/C7H8BrClS/c1-4(2)7-5(9)3-6(8)10-7/h3-4H,1-2H3. The fourth-order valence-electron chi connectivity index (χ4n) is 0.748. The lowest BCUT2D eigenvalue weighted by atomic mass is 10.2. The van der Waals surface area contributed by atoms with Crippen molar-refractivity contribution >= 4 is 38.9 Å². The minimum absolute atomic E-state index is 0.531. The quantitative estimate of drug-likeness (QED) is 0.686. The lowest BCUT2D eigenvalue weighted by molar-refractivity contribution is 0.890. The van der Waals surface area contributed by atoms with E-state index in [0.717, 1.165) is 8.81 Å². The Hall–Kier alpha value is 0.470. The zero-order chi connectivity index (χ0) is 7.72. The third kappa shape index (κ3) is 1.74. The van der Waals surface area contributed by atoms with Gasteiger partial charge in [-0.15, -0.1) is 11.3 Å². The summed E-state index contributed by atoms with van der Waals surface area (Å²) in [6.07, 6.45) is 0. The number of halogens is 2. The van der Waals surface area contributed by atoms with E-state index in [-0.39, 0.29) is 0 Å². The minimum atomic E-state index is 0.531. The molecule has 0 spiro atoms. The third-order valence-electron chi connectivity index (χ3n) is 1.21. The summed E-state index contributed by atoms with van der Waals surface area (Å²) in [6.45, 7) is 4.29. The molecule has 0 aliphatic carbocycles. The van der Waals surface area contributed by atoms with Crippen LogP contribution in [0.1, 0.15) is 24.6 Å².